The van der Waals surface area contributed by atoms with Gasteiger partial charge >= 0.3 is 5.97 Å². The maximum absolute atomic E-state index is 12.2. The predicted octanol–water partition coefficient (Wildman–Crippen LogP) is 3.67. The van der Waals surface area contributed by atoms with Crippen molar-refractivity contribution in [1.82, 2.24) is 14.3 Å². The van der Waals surface area contributed by atoms with Crippen LogP contribution in [0.5, 0.6) is 0 Å². The number of hydrogen-bond donors (Lipinski definition) is 0. The number of piperidine rings is 1. The third-order valence-electron chi connectivity index (χ3n) is 4.12. The van der Waals surface area contributed by atoms with Crippen LogP contribution in [0.4, 0.5) is 0 Å². The molecule has 23 heavy (non-hydrogen) atoms. The average molecular weight is 401 g/mol. The van der Waals surface area contributed by atoms with Crippen LogP contribution in [0.3, 0.4) is 0 Å². The van der Waals surface area contributed by atoms with Crippen LogP contribution in [0.2, 0.25) is 5.02 Å². The lowest BCUT2D eigenvalue weighted by atomic mass is 10.0. The first kappa shape index (κ1) is 16.7. The molecule has 7 heteroatoms. The molecular weight excluding hydrogens is 382 g/mol. The molecule has 0 aromatic carbocycles. The number of halogens is 2. The Labute approximate surface area is 148 Å². The molecule has 0 saturated carbocycles. The Balaban J connectivity index is 1.84. The van der Waals surface area contributed by atoms with Crippen LogP contribution in [0.1, 0.15) is 31.9 Å². The van der Waals surface area contributed by atoms with Crippen LogP contribution in [0, 0.1) is 0 Å². The molecule has 124 valence electrons. The molecule has 1 saturated heterocycles. The van der Waals surface area contributed by atoms with E-state index in [1.807, 2.05) is 29.7 Å². The third kappa shape index (κ3) is 3.54. The van der Waals surface area contributed by atoms with E-state index in [4.69, 9.17) is 16.3 Å². The van der Waals surface area contributed by atoms with Crippen molar-refractivity contribution >= 4 is 39.1 Å². The molecule has 3 rings (SSSR count). The summed E-state index contributed by atoms with van der Waals surface area (Å²) in [4.78, 5) is 19.0. The molecule has 0 N–H and O–H groups in total. The Bertz CT molecular complexity index is 719. The Morgan fingerprint density at radius 3 is 3.09 bits per heavy atom. The Morgan fingerprint density at radius 2 is 2.30 bits per heavy atom. The summed E-state index contributed by atoms with van der Waals surface area (Å²) in [5.74, 6) is -0.130. The molecule has 2 aromatic heterocycles. The molecule has 0 aliphatic carbocycles. The van der Waals surface area contributed by atoms with E-state index in [2.05, 4.69) is 25.8 Å². The van der Waals surface area contributed by atoms with Gasteiger partial charge in [-0.05, 0) is 54.4 Å². The average Bonchev–Trinajstić information content (AvgIpc) is 2.84. The van der Waals surface area contributed by atoms with Gasteiger partial charge in [0.2, 0.25) is 0 Å². The van der Waals surface area contributed by atoms with E-state index in [1.54, 1.807) is 0 Å². The predicted molar refractivity (Wildman–Crippen MR) is 92.6 cm³/mol. The molecule has 5 nitrogen and oxygen atoms in total. The van der Waals surface area contributed by atoms with Crippen molar-refractivity contribution in [2.24, 2.45) is 0 Å². The second kappa shape index (κ2) is 7.20. The van der Waals surface area contributed by atoms with Crippen LogP contribution < -0.4 is 0 Å². The van der Waals surface area contributed by atoms with E-state index in [0.717, 1.165) is 41.8 Å². The number of fused-ring (bicyclic) bond motifs is 1. The van der Waals surface area contributed by atoms with E-state index in [-0.39, 0.29) is 12.0 Å². The highest BCUT2D eigenvalue weighted by Gasteiger charge is 2.30. The fraction of sp³-hybridized carbons (Fsp3) is 0.500. The molecule has 0 bridgehead atoms. The molecule has 0 amide bonds. The number of esters is 1. The number of imidazole rings is 1. The molecule has 1 fully saturated rings. The minimum absolute atomic E-state index is 0.130. The maximum atomic E-state index is 12.2. The molecule has 3 heterocycles. The number of carbonyl (C=O) groups excluding carboxylic acids is 1. The number of likely N-dealkylation sites (tertiary alicyclic amines) is 1. The van der Waals surface area contributed by atoms with Gasteiger partial charge < -0.3 is 4.74 Å². The van der Waals surface area contributed by atoms with Crippen LogP contribution in [-0.2, 0) is 16.1 Å². The lowest BCUT2D eigenvalue weighted by Gasteiger charge is -2.33. The highest BCUT2D eigenvalue weighted by Crippen LogP contribution is 2.26. The summed E-state index contributed by atoms with van der Waals surface area (Å²) in [6, 6.07) is 3.53. The molecule has 1 unspecified atom stereocenters. The van der Waals surface area contributed by atoms with Crippen molar-refractivity contribution in [2.45, 2.75) is 38.8 Å². The van der Waals surface area contributed by atoms with Gasteiger partial charge in [-0.15, -0.1) is 0 Å². The zero-order chi connectivity index (χ0) is 16.4. The number of rotatable bonds is 4. The first-order valence-corrected chi connectivity index (χ1v) is 9.00. The summed E-state index contributed by atoms with van der Waals surface area (Å²) in [6.45, 7) is 3.75. The minimum atomic E-state index is -0.177. The molecule has 1 aliphatic heterocycles. The van der Waals surface area contributed by atoms with Crippen LogP contribution in [0.15, 0.2) is 22.9 Å². The number of carbonyl (C=O) groups is 1. The SMILES string of the molecule is CCOC(=O)C1CCCCN1Cc1nc2ccc(Cl)cn2c1Br. The maximum Gasteiger partial charge on any atom is 0.323 e. The van der Waals surface area contributed by atoms with Gasteiger partial charge in [-0.1, -0.05) is 18.0 Å². The molecular formula is C16H19BrClN3O2. The Hall–Kier alpha value is -1.11. The van der Waals surface area contributed by atoms with Gasteiger partial charge in [0.05, 0.1) is 17.3 Å². The standard InChI is InChI=1S/C16H19BrClN3O2/c1-2-23-16(22)13-5-3-4-8-20(13)10-12-15(17)21-9-11(18)6-7-14(21)19-12/h6-7,9,13H,2-5,8,10H2,1H3. The quantitative estimate of drug-likeness (QED) is 0.735. The van der Waals surface area contributed by atoms with Gasteiger partial charge in [0.1, 0.15) is 16.3 Å². The summed E-state index contributed by atoms with van der Waals surface area (Å²) >= 11 is 9.65. The highest BCUT2D eigenvalue weighted by molar-refractivity contribution is 9.10. The summed E-state index contributed by atoms with van der Waals surface area (Å²) in [5.41, 5.74) is 1.74. The van der Waals surface area contributed by atoms with E-state index in [1.165, 1.54) is 0 Å². The number of pyridine rings is 1. The fourth-order valence-electron chi connectivity index (χ4n) is 3.02. The monoisotopic (exact) mass is 399 g/mol. The van der Waals surface area contributed by atoms with E-state index < -0.39 is 0 Å². The number of aromatic nitrogens is 2. The van der Waals surface area contributed by atoms with Crippen molar-refractivity contribution < 1.29 is 9.53 Å². The molecule has 1 atom stereocenters. The number of ether oxygens (including phenoxy) is 1. The smallest absolute Gasteiger partial charge is 0.323 e. The van der Waals surface area contributed by atoms with E-state index in [0.29, 0.717) is 18.2 Å². The van der Waals surface area contributed by atoms with Crippen molar-refractivity contribution in [3.63, 3.8) is 0 Å². The van der Waals surface area contributed by atoms with Crippen molar-refractivity contribution in [3.05, 3.63) is 33.6 Å². The van der Waals surface area contributed by atoms with Crippen molar-refractivity contribution in [2.75, 3.05) is 13.2 Å². The summed E-state index contributed by atoms with van der Waals surface area (Å²) in [5, 5.41) is 0.657. The van der Waals surface area contributed by atoms with Gasteiger partial charge in [-0.2, -0.15) is 0 Å². The van der Waals surface area contributed by atoms with Crippen molar-refractivity contribution in [1.29, 1.82) is 0 Å². The minimum Gasteiger partial charge on any atom is -0.465 e. The van der Waals surface area contributed by atoms with Crippen LogP contribution in [-0.4, -0.2) is 39.4 Å². The van der Waals surface area contributed by atoms with Crippen LogP contribution >= 0.6 is 27.5 Å². The summed E-state index contributed by atoms with van der Waals surface area (Å²) in [7, 11) is 0. The summed E-state index contributed by atoms with van der Waals surface area (Å²) in [6.07, 6.45) is 4.82. The normalized spacial score (nSPS) is 19.2. The molecule has 0 spiro atoms. The van der Waals surface area contributed by atoms with E-state index in [9.17, 15) is 4.79 Å². The largest absolute Gasteiger partial charge is 0.465 e. The summed E-state index contributed by atoms with van der Waals surface area (Å²) < 4.78 is 8.01. The van der Waals surface area contributed by atoms with Crippen LogP contribution in [0.25, 0.3) is 5.65 Å². The fourth-order valence-corrected chi connectivity index (χ4v) is 3.68. The first-order valence-electron chi connectivity index (χ1n) is 7.83. The molecule has 2 aromatic rings. The third-order valence-corrected chi connectivity index (χ3v) is 5.18. The Morgan fingerprint density at radius 1 is 1.48 bits per heavy atom. The van der Waals surface area contributed by atoms with Gasteiger partial charge in [0, 0.05) is 12.7 Å². The van der Waals surface area contributed by atoms with Crippen molar-refractivity contribution in [3.8, 4) is 0 Å². The van der Waals surface area contributed by atoms with Gasteiger partial charge in [0.15, 0.2) is 0 Å². The zero-order valence-electron chi connectivity index (χ0n) is 13.0. The second-order valence-electron chi connectivity index (χ2n) is 5.66. The lowest BCUT2D eigenvalue weighted by molar-refractivity contribution is -0.151. The Kier molecular flexibility index (Phi) is 5.24. The van der Waals surface area contributed by atoms with Gasteiger partial charge in [-0.3, -0.25) is 14.1 Å². The lowest BCUT2D eigenvalue weighted by Crippen LogP contribution is -2.45. The van der Waals surface area contributed by atoms with Gasteiger partial charge in [0.25, 0.3) is 0 Å². The second-order valence-corrected chi connectivity index (χ2v) is 6.85. The number of hydrogen-bond acceptors (Lipinski definition) is 4. The molecule has 0 radical (unpaired) electrons. The highest BCUT2D eigenvalue weighted by atomic mass is 79.9. The molecule has 1 aliphatic rings. The first-order chi connectivity index (χ1) is 11.1. The zero-order valence-corrected chi connectivity index (χ0v) is 15.3. The topological polar surface area (TPSA) is 46.8 Å². The number of nitrogens with zero attached hydrogens (tertiary/aromatic N) is 3. The van der Waals surface area contributed by atoms with E-state index >= 15 is 0 Å². The van der Waals surface area contributed by atoms with Gasteiger partial charge in [-0.25, -0.2) is 4.98 Å².